The zero-order valence-electron chi connectivity index (χ0n) is 20.3. The normalized spacial score (nSPS) is 14.7. The van der Waals surface area contributed by atoms with Crippen molar-refractivity contribution in [1.29, 1.82) is 0 Å². The van der Waals surface area contributed by atoms with Gasteiger partial charge in [0.1, 0.15) is 11.9 Å². The lowest BCUT2D eigenvalue weighted by Gasteiger charge is -2.28. The molecule has 4 rings (SSSR count). The number of nitrogens with zero attached hydrogens (tertiary/aromatic N) is 3. The second-order valence-electron chi connectivity index (χ2n) is 8.21. The molecule has 2 aromatic carbocycles. The van der Waals surface area contributed by atoms with Crippen LogP contribution in [-0.2, 0) is 20.0 Å². The van der Waals surface area contributed by atoms with Crippen LogP contribution >= 0.6 is 11.8 Å². The van der Waals surface area contributed by atoms with Crippen molar-refractivity contribution in [3.63, 3.8) is 0 Å². The first-order valence-electron chi connectivity index (χ1n) is 11.6. The largest absolute Gasteiger partial charge is 0.465 e. The van der Waals surface area contributed by atoms with E-state index >= 15 is 0 Å². The summed E-state index contributed by atoms with van der Waals surface area (Å²) in [7, 11) is 1.32. The number of fused-ring (bicyclic) bond motifs is 1. The van der Waals surface area contributed by atoms with Gasteiger partial charge in [0.05, 0.1) is 24.9 Å². The molecule has 36 heavy (non-hydrogen) atoms. The van der Waals surface area contributed by atoms with Gasteiger partial charge in [0.15, 0.2) is 0 Å². The second-order valence-corrected chi connectivity index (χ2v) is 9.15. The number of halogens is 1. The summed E-state index contributed by atoms with van der Waals surface area (Å²) in [6, 6.07) is 12.7. The van der Waals surface area contributed by atoms with Gasteiger partial charge in [-0.1, -0.05) is 55.4 Å². The number of methoxy groups -OCH3 is 1. The Morgan fingerprint density at radius 1 is 1.14 bits per heavy atom. The molecule has 188 valence electrons. The fraction of sp³-hybridized carbons (Fsp3) is 0.308. The summed E-state index contributed by atoms with van der Waals surface area (Å²) >= 11 is 1.30. The molecule has 0 amide bonds. The molecule has 0 bridgehead atoms. The average Bonchev–Trinajstić information content (AvgIpc) is 3.29. The van der Waals surface area contributed by atoms with Crippen molar-refractivity contribution < 1.29 is 23.5 Å². The Bertz CT molecular complexity index is 1290. The van der Waals surface area contributed by atoms with Gasteiger partial charge in [-0.25, -0.2) is 18.7 Å². The number of carbonyl (C=O) groups is 2. The zero-order chi connectivity index (χ0) is 25.7. The molecule has 0 radical (unpaired) electrons. The molecule has 0 aliphatic carbocycles. The summed E-state index contributed by atoms with van der Waals surface area (Å²) in [4.78, 5) is 29.6. The zero-order valence-corrected chi connectivity index (χ0v) is 21.1. The van der Waals surface area contributed by atoms with Crippen molar-refractivity contribution in [2.45, 2.75) is 43.6 Å². The number of ether oxygens (including phenoxy) is 2. The van der Waals surface area contributed by atoms with Crippen LogP contribution in [0.5, 0.6) is 0 Å². The van der Waals surface area contributed by atoms with E-state index in [1.165, 1.54) is 24.9 Å². The Balaban J connectivity index is 1.68. The smallest absolute Gasteiger partial charge is 0.338 e. The van der Waals surface area contributed by atoms with Crippen LogP contribution in [0, 0.1) is 5.82 Å². The number of carbonyl (C=O) groups excluding carboxylic acids is 2. The van der Waals surface area contributed by atoms with Gasteiger partial charge >= 0.3 is 11.9 Å². The summed E-state index contributed by atoms with van der Waals surface area (Å²) in [5, 5.41) is 8.23. The molecule has 1 atom stereocenters. The highest BCUT2D eigenvalue weighted by Crippen LogP contribution is 2.37. The summed E-state index contributed by atoms with van der Waals surface area (Å²) in [5.41, 5.74) is 2.67. The van der Waals surface area contributed by atoms with E-state index in [2.05, 4.69) is 15.4 Å². The standard InChI is InChI=1S/C26H27FN4O4S/c1-4-5-14-35-24(33)21-16(2)28-25-29-26(36-15-19-8-6-7-9-20(19)27)30-31(25)22(21)17-10-12-18(13-11-17)23(32)34-3/h6-13,22H,4-5,14-15H2,1-3H3,(H,28,29,30). The van der Waals surface area contributed by atoms with Crippen LogP contribution in [-0.4, -0.2) is 40.4 Å². The molecule has 3 aromatic rings. The number of aromatic nitrogens is 3. The minimum Gasteiger partial charge on any atom is -0.465 e. The first-order valence-corrected chi connectivity index (χ1v) is 12.6. The van der Waals surface area contributed by atoms with Crippen LogP contribution in [0.3, 0.4) is 0 Å². The van der Waals surface area contributed by atoms with E-state index in [9.17, 15) is 14.0 Å². The van der Waals surface area contributed by atoms with Crippen LogP contribution < -0.4 is 5.32 Å². The average molecular weight is 511 g/mol. The Morgan fingerprint density at radius 2 is 1.89 bits per heavy atom. The van der Waals surface area contributed by atoms with Crippen molar-refractivity contribution in [1.82, 2.24) is 14.8 Å². The molecule has 8 nitrogen and oxygen atoms in total. The number of rotatable bonds is 9. The lowest BCUT2D eigenvalue weighted by molar-refractivity contribution is -0.139. The summed E-state index contributed by atoms with van der Waals surface area (Å²) in [5.74, 6) is -0.378. The molecule has 1 unspecified atom stereocenters. The third kappa shape index (κ3) is 5.43. The Hall–Kier alpha value is -3.66. The third-order valence-corrected chi connectivity index (χ3v) is 6.63. The lowest BCUT2D eigenvalue weighted by Crippen LogP contribution is -2.29. The summed E-state index contributed by atoms with van der Waals surface area (Å²) < 4.78 is 26.0. The summed E-state index contributed by atoms with van der Waals surface area (Å²) in [6.07, 6.45) is 1.66. The van der Waals surface area contributed by atoms with E-state index in [1.807, 2.05) is 6.92 Å². The molecule has 10 heteroatoms. The Kier molecular flexibility index (Phi) is 8.04. The van der Waals surface area contributed by atoms with E-state index in [-0.39, 0.29) is 5.82 Å². The quantitative estimate of drug-likeness (QED) is 0.241. The molecular formula is C26H27FN4O4S. The molecule has 0 saturated heterocycles. The van der Waals surface area contributed by atoms with Gasteiger partial charge in [-0.05, 0) is 42.7 Å². The molecule has 0 saturated carbocycles. The minimum absolute atomic E-state index is 0.287. The minimum atomic E-state index is -0.627. The predicted octanol–water partition coefficient (Wildman–Crippen LogP) is 5.13. The van der Waals surface area contributed by atoms with Crippen molar-refractivity contribution in [3.05, 3.63) is 82.3 Å². The van der Waals surface area contributed by atoms with Crippen molar-refractivity contribution in [2.24, 2.45) is 0 Å². The first-order chi connectivity index (χ1) is 17.4. The maximum absolute atomic E-state index is 14.1. The van der Waals surface area contributed by atoms with Crippen molar-refractivity contribution in [3.8, 4) is 0 Å². The number of hydrogen-bond acceptors (Lipinski definition) is 8. The highest BCUT2D eigenvalue weighted by atomic mass is 32.2. The number of anilines is 1. The number of thioether (sulfide) groups is 1. The SMILES string of the molecule is CCCCOC(=O)C1=C(C)Nc2nc(SCc3ccccc3F)nn2C1c1ccc(C(=O)OC)cc1. The van der Waals surface area contributed by atoms with Gasteiger partial charge in [0, 0.05) is 11.4 Å². The number of hydrogen-bond donors (Lipinski definition) is 1. The number of esters is 2. The van der Waals surface area contributed by atoms with Crippen LogP contribution in [0.1, 0.15) is 54.2 Å². The second kappa shape index (κ2) is 11.4. The first kappa shape index (κ1) is 25.4. The number of allylic oxidation sites excluding steroid dienone is 1. The summed E-state index contributed by atoms with van der Waals surface area (Å²) in [6.45, 7) is 4.12. The topological polar surface area (TPSA) is 95.3 Å². The third-order valence-electron chi connectivity index (χ3n) is 5.75. The van der Waals surface area contributed by atoms with Gasteiger partial charge in [-0.3, -0.25) is 0 Å². The Labute approximate surface area is 212 Å². The van der Waals surface area contributed by atoms with Crippen molar-refractivity contribution >= 4 is 29.6 Å². The van der Waals surface area contributed by atoms with Crippen LogP contribution in [0.25, 0.3) is 0 Å². The van der Waals surface area contributed by atoms with Gasteiger partial charge in [-0.15, -0.1) is 5.10 Å². The van der Waals surface area contributed by atoms with E-state index in [4.69, 9.17) is 9.47 Å². The highest BCUT2D eigenvalue weighted by Gasteiger charge is 2.35. The molecular weight excluding hydrogens is 483 g/mol. The number of nitrogens with one attached hydrogen (secondary N) is 1. The fourth-order valence-corrected chi connectivity index (χ4v) is 4.64. The van der Waals surface area contributed by atoms with Crippen LogP contribution in [0.15, 0.2) is 65.0 Å². The van der Waals surface area contributed by atoms with Crippen LogP contribution in [0.4, 0.5) is 10.3 Å². The highest BCUT2D eigenvalue weighted by molar-refractivity contribution is 7.98. The predicted molar refractivity (Wildman–Crippen MR) is 134 cm³/mol. The van der Waals surface area contributed by atoms with E-state index < -0.39 is 18.0 Å². The van der Waals surface area contributed by atoms with Gasteiger partial charge in [0.25, 0.3) is 0 Å². The molecule has 1 aliphatic rings. The maximum atomic E-state index is 14.1. The molecule has 1 N–H and O–H groups in total. The molecule has 0 fully saturated rings. The monoisotopic (exact) mass is 510 g/mol. The van der Waals surface area contributed by atoms with Gasteiger partial charge in [-0.2, -0.15) is 4.98 Å². The maximum Gasteiger partial charge on any atom is 0.338 e. The Morgan fingerprint density at radius 3 is 2.58 bits per heavy atom. The molecule has 0 spiro atoms. The van der Waals surface area contributed by atoms with E-state index in [0.717, 1.165) is 18.4 Å². The van der Waals surface area contributed by atoms with E-state index in [0.29, 0.717) is 45.9 Å². The lowest BCUT2D eigenvalue weighted by atomic mass is 9.95. The van der Waals surface area contributed by atoms with Crippen LogP contribution in [0.2, 0.25) is 0 Å². The molecule has 1 aromatic heterocycles. The van der Waals surface area contributed by atoms with E-state index in [1.54, 1.807) is 54.1 Å². The van der Waals surface area contributed by atoms with Gasteiger partial charge < -0.3 is 14.8 Å². The number of unbranched alkanes of at least 4 members (excludes halogenated alkanes) is 1. The van der Waals surface area contributed by atoms with Gasteiger partial charge in [0.2, 0.25) is 11.1 Å². The van der Waals surface area contributed by atoms with Crippen molar-refractivity contribution in [2.75, 3.05) is 19.0 Å². The number of benzene rings is 2. The molecule has 1 aliphatic heterocycles. The molecule has 2 heterocycles. The fourth-order valence-electron chi connectivity index (χ4n) is 3.83.